The Morgan fingerprint density at radius 2 is 1.83 bits per heavy atom. The number of fused-ring (bicyclic) bond motifs is 1. The summed E-state index contributed by atoms with van der Waals surface area (Å²) in [6.07, 6.45) is 0. The zero-order valence-electron chi connectivity index (χ0n) is 16.5. The molecule has 8 heteroatoms. The van der Waals surface area contributed by atoms with Gasteiger partial charge in [-0.05, 0) is 37.3 Å². The summed E-state index contributed by atoms with van der Waals surface area (Å²) in [5.41, 5.74) is 1.66. The molecule has 1 aromatic heterocycles. The minimum Gasteiger partial charge on any atom is -0.351 e. The fourth-order valence-electron chi connectivity index (χ4n) is 3.67. The standard InChI is InChI=1S/C22H22BrFN4O2/c1-14(21(29)26-19-7-6-16(23)13-17(19)24)27-8-10-28(11-9-27)22(30)20-12-15-4-2-3-5-18(15)25-20/h2-7,12-14,25H,8-11H2,1H3,(H,26,29). The monoisotopic (exact) mass is 472 g/mol. The van der Waals surface area contributed by atoms with Gasteiger partial charge in [-0.2, -0.15) is 0 Å². The number of anilines is 1. The van der Waals surface area contributed by atoms with E-state index in [2.05, 4.69) is 26.2 Å². The van der Waals surface area contributed by atoms with Gasteiger partial charge in [0.1, 0.15) is 11.5 Å². The fourth-order valence-corrected chi connectivity index (χ4v) is 4.00. The van der Waals surface area contributed by atoms with Crippen LogP contribution in [0.2, 0.25) is 0 Å². The number of halogens is 2. The van der Waals surface area contributed by atoms with Gasteiger partial charge in [-0.15, -0.1) is 0 Å². The average molecular weight is 473 g/mol. The highest BCUT2D eigenvalue weighted by Gasteiger charge is 2.28. The number of hydrogen-bond acceptors (Lipinski definition) is 3. The van der Waals surface area contributed by atoms with Crippen molar-refractivity contribution in [1.29, 1.82) is 0 Å². The lowest BCUT2D eigenvalue weighted by molar-refractivity contribution is -0.121. The number of nitrogens with one attached hydrogen (secondary N) is 2. The van der Waals surface area contributed by atoms with Crippen molar-refractivity contribution in [2.24, 2.45) is 0 Å². The number of carbonyl (C=O) groups is 2. The van der Waals surface area contributed by atoms with Crippen LogP contribution in [0.3, 0.4) is 0 Å². The van der Waals surface area contributed by atoms with Crippen LogP contribution in [-0.4, -0.2) is 58.8 Å². The van der Waals surface area contributed by atoms with E-state index in [0.29, 0.717) is 36.3 Å². The molecule has 1 fully saturated rings. The molecule has 0 aliphatic carbocycles. The number of amides is 2. The van der Waals surface area contributed by atoms with E-state index in [1.165, 1.54) is 12.1 Å². The second-order valence-electron chi connectivity index (χ2n) is 7.39. The number of aromatic amines is 1. The summed E-state index contributed by atoms with van der Waals surface area (Å²) in [6.45, 7) is 3.99. The maximum Gasteiger partial charge on any atom is 0.270 e. The Balaban J connectivity index is 1.35. The number of aromatic nitrogens is 1. The molecule has 1 aliphatic heterocycles. The molecule has 2 heterocycles. The van der Waals surface area contributed by atoms with E-state index in [-0.39, 0.29) is 17.5 Å². The molecule has 1 aliphatic rings. The summed E-state index contributed by atoms with van der Waals surface area (Å²) in [4.78, 5) is 32.4. The average Bonchev–Trinajstić information content (AvgIpc) is 3.19. The molecule has 2 amide bonds. The second-order valence-corrected chi connectivity index (χ2v) is 8.30. The highest BCUT2D eigenvalue weighted by molar-refractivity contribution is 9.10. The molecule has 0 saturated carbocycles. The molecule has 156 valence electrons. The van der Waals surface area contributed by atoms with Crippen molar-refractivity contribution >= 4 is 44.3 Å². The summed E-state index contributed by atoms with van der Waals surface area (Å²) >= 11 is 3.20. The van der Waals surface area contributed by atoms with Crippen molar-refractivity contribution in [3.63, 3.8) is 0 Å². The van der Waals surface area contributed by atoms with E-state index in [0.717, 1.165) is 10.9 Å². The van der Waals surface area contributed by atoms with Crippen molar-refractivity contribution in [2.45, 2.75) is 13.0 Å². The first-order chi connectivity index (χ1) is 14.4. The van der Waals surface area contributed by atoms with Gasteiger partial charge in [-0.1, -0.05) is 34.1 Å². The number of benzene rings is 2. The molecule has 1 atom stereocenters. The van der Waals surface area contributed by atoms with E-state index in [4.69, 9.17) is 0 Å². The Hall–Kier alpha value is -2.71. The molecule has 2 N–H and O–H groups in total. The first-order valence-electron chi connectivity index (χ1n) is 9.79. The highest BCUT2D eigenvalue weighted by Crippen LogP contribution is 2.21. The first kappa shape index (κ1) is 20.6. The van der Waals surface area contributed by atoms with Crippen LogP contribution in [0, 0.1) is 5.82 Å². The molecule has 3 aromatic rings. The maximum atomic E-state index is 14.0. The van der Waals surface area contributed by atoms with E-state index in [1.54, 1.807) is 17.9 Å². The van der Waals surface area contributed by atoms with Gasteiger partial charge < -0.3 is 15.2 Å². The predicted octanol–water partition coefficient (Wildman–Crippen LogP) is 3.85. The number of rotatable bonds is 4. The van der Waals surface area contributed by atoms with Crippen LogP contribution in [0.5, 0.6) is 0 Å². The molecule has 0 bridgehead atoms. The Kier molecular flexibility index (Phi) is 5.87. The van der Waals surface area contributed by atoms with E-state index in [9.17, 15) is 14.0 Å². The molecule has 2 aromatic carbocycles. The van der Waals surface area contributed by atoms with Crippen molar-refractivity contribution < 1.29 is 14.0 Å². The molecule has 6 nitrogen and oxygen atoms in total. The number of nitrogens with zero attached hydrogens (tertiary/aromatic N) is 2. The first-order valence-corrected chi connectivity index (χ1v) is 10.6. The quantitative estimate of drug-likeness (QED) is 0.605. The minimum atomic E-state index is -0.487. The van der Waals surface area contributed by atoms with Gasteiger partial charge >= 0.3 is 0 Å². The van der Waals surface area contributed by atoms with Gasteiger partial charge in [-0.3, -0.25) is 14.5 Å². The predicted molar refractivity (Wildman–Crippen MR) is 118 cm³/mol. The van der Waals surface area contributed by atoms with Crippen LogP contribution < -0.4 is 5.32 Å². The molecular formula is C22H22BrFN4O2. The van der Waals surface area contributed by atoms with Crippen molar-refractivity contribution in [3.05, 3.63) is 64.5 Å². The van der Waals surface area contributed by atoms with Gasteiger partial charge in [0.15, 0.2) is 0 Å². The molecule has 0 radical (unpaired) electrons. The fraction of sp³-hybridized carbons (Fsp3) is 0.273. The largest absolute Gasteiger partial charge is 0.351 e. The lowest BCUT2D eigenvalue weighted by Crippen LogP contribution is -2.54. The Morgan fingerprint density at radius 1 is 1.10 bits per heavy atom. The van der Waals surface area contributed by atoms with Gasteiger partial charge in [0.25, 0.3) is 5.91 Å². The lowest BCUT2D eigenvalue weighted by Gasteiger charge is -2.37. The number of piperazine rings is 1. The third-order valence-electron chi connectivity index (χ3n) is 5.48. The molecule has 4 rings (SSSR count). The topological polar surface area (TPSA) is 68.4 Å². The van der Waals surface area contributed by atoms with E-state index >= 15 is 0 Å². The number of H-pyrrole nitrogens is 1. The van der Waals surface area contributed by atoms with Gasteiger partial charge in [0.05, 0.1) is 11.7 Å². The molecular weight excluding hydrogens is 451 g/mol. The van der Waals surface area contributed by atoms with Crippen molar-refractivity contribution in [1.82, 2.24) is 14.8 Å². The number of para-hydroxylation sites is 1. The zero-order valence-corrected chi connectivity index (χ0v) is 18.1. The second kappa shape index (κ2) is 8.57. The smallest absolute Gasteiger partial charge is 0.270 e. The van der Waals surface area contributed by atoms with Crippen LogP contribution in [0.15, 0.2) is 53.0 Å². The summed E-state index contributed by atoms with van der Waals surface area (Å²) in [5, 5.41) is 3.65. The normalized spacial score (nSPS) is 15.9. The summed E-state index contributed by atoms with van der Waals surface area (Å²) in [6, 6.07) is 13.7. The third-order valence-corrected chi connectivity index (χ3v) is 5.97. The van der Waals surface area contributed by atoms with Crippen molar-refractivity contribution in [2.75, 3.05) is 31.5 Å². The zero-order chi connectivity index (χ0) is 21.3. The Bertz CT molecular complexity index is 1060. The van der Waals surface area contributed by atoms with Crippen LogP contribution in [-0.2, 0) is 4.79 Å². The molecule has 30 heavy (non-hydrogen) atoms. The maximum absolute atomic E-state index is 14.0. The summed E-state index contributed by atoms with van der Waals surface area (Å²) < 4.78 is 14.6. The third kappa shape index (κ3) is 4.24. The van der Waals surface area contributed by atoms with Crippen LogP contribution in [0.4, 0.5) is 10.1 Å². The van der Waals surface area contributed by atoms with E-state index < -0.39 is 11.9 Å². The molecule has 1 saturated heterocycles. The van der Waals surface area contributed by atoms with Crippen LogP contribution in [0.1, 0.15) is 17.4 Å². The Morgan fingerprint density at radius 3 is 2.53 bits per heavy atom. The van der Waals surface area contributed by atoms with Gasteiger partial charge in [0.2, 0.25) is 5.91 Å². The van der Waals surface area contributed by atoms with Crippen LogP contribution >= 0.6 is 15.9 Å². The van der Waals surface area contributed by atoms with E-state index in [1.807, 2.05) is 35.2 Å². The highest BCUT2D eigenvalue weighted by atomic mass is 79.9. The molecule has 1 unspecified atom stereocenters. The van der Waals surface area contributed by atoms with Gasteiger partial charge in [-0.25, -0.2) is 4.39 Å². The Labute approximate surface area is 182 Å². The summed E-state index contributed by atoms with van der Waals surface area (Å²) in [5.74, 6) is -0.801. The lowest BCUT2D eigenvalue weighted by atomic mass is 10.2. The van der Waals surface area contributed by atoms with Crippen LogP contribution in [0.25, 0.3) is 10.9 Å². The van der Waals surface area contributed by atoms with Gasteiger partial charge in [0, 0.05) is 41.6 Å². The SMILES string of the molecule is CC(C(=O)Nc1ccc(Br)cc1F)N1CCN(C(=O)c2cc3ccccc3[nH]2)CC1. The summed E-state index contributed by atoms with van der Waals surface area (Å²) in [7, 11) is 0. The molecule has 0 spiro atoms. The number of carbonyl (C=O) groups excluding carboxylic acids is 2. The minimum absolute atomic E-state index is 0.0418. The van der Waals surface area contributed by atoms with Crippen molar-refractivity contribution in [3.8, 4) is 0 Å². The number of hydrogen-bond donors (Lipinski definition) is 2.